The van der Waals surface area contributed by atoms with Crippen molar-refractivity contribution >= 4 is 41.5 Å². The van der Waals surface area contributed by atoms with Gasteiger partial charge >= 0.3 is 0 Å². The minimum Gasteiger partial charge on any atom is -0.457 e. The number of furan rings is 1. The number of benzene rings is 2. The van der Waals surface area contributed by atoms with Crippen LogP contribution in [0.4, 0.5) is 5.69 Å². The highest BCUT2D eigenvalue weighted by Crippen LogP contribution is 2.37. The van der Waals surface area contributed by atoms with E-state index < -0.39 is 0 Å². The molecule has 1 aromatic heterocycles. The van der Waals surface area contributed by atoms with Crippen LogP contribution < -0.4 is 5.73 Å². The second-order valence-electron chi connectivity index (χ2n) is 8.10. The minimum absolute atomic E-state index is 0. The number of likely N-dealkylation sites (tertiary alicyclic amines) is 1. The van der Waals surface area contributed by atoms with Gasteiger partial charge in [0.25, 0.3) is 0 Å². The van der Waals surface area contributed by atoms with Crippen molar-refractivity contribution in [2.75, 3.05) is 18.8 Å². The largest absolute Gasteiger partial charge is 0.457 e. The predicted octanol–water partition coefficient (Wildman–Crippen LogP) is 6.47. The van der Waals surface area contributed by atoms with Crippen molar-refractivity contribution in [2.24, 2.45) is 0 Å². The molecule has 2 heterocycles. The van der Waals surface area contributed by atoms with E-state index in [1.807, 2.05) is 0 Å². The Hall–Kier alpha value is -1.68. The first-order valence-electron chi connectivity index (χ1n) is 10.0. The van der Waals surface area contributed by atoms with Gasteiger partial charge in [0.1, 0.15) is 5.76 Å². The molecule has 0 atom stereocenters. The second-order valence-corrected chi connectivity index (χ2v) is 8.10. The molecule has 2 N–H and O–H groups in total. The van der Waals surface area contributed by atoms with Crippen molar-refractivity contribution in [3.63, 3.8) is 0 Å². The summed E-state index contributed by atoms with van der Waals surface area (Å²) in [6, 6.07) is 10.9. The Morgan fingerprint density at radius 3 is 2.14 bits per heavy atom. The van der Waals surface area contributed by atoms with Gasteiger partial charge in [0.05, 0.1) is 12.2 Å². The zero-order valence-corrected chi connectivity index (χ0v) is 19.4. The lowest BCUT2D eigenvalue weighted by atomic mass is 9.89. The van der Waals surface area contributed by atoms with Crippen LogP contribution in [0.3, 0.4) is 0 Å². The third-order valence-electron chi connectivity index (χ3n) is 6.62. The van der Waals surface area contributed by atoms with Gasteiger partial charge in [0.15, 0.2) is 5.58 Å². The summed E-state index contributed by atoms with van der Waals surface area (Å²) in [7, 11) is 0. The van der Waals surface area contributed by atoms with Gasteiger partial charge < -0.3 is 10.2 Å². The fraction of sp³-hybridized carbons (Fsp3) is 0.417. The van der Waals surface area contributed by atoms with Crippen LogP contribution in [0.5, 0.6) is 0 Å². The molecule has 3 nitrogen and oxygen atoms in total. The molecule has 0 bridgehead atoms. The van der Waals surface area contributed by atoms with Crippen molar-refractivity contribution in [1.29, 1.82) is 0 Å². The van der Waals surface area contributed by atoms with E-state index in [2.05, 4.69) is 62.9 Å². The molecule has 29 heavy (non-hydrogen) atoms. The van der Waals surface area contributed by atoms with E-state index in [9.17, 15) is 0 Å². The van der Waals surface area contributed by atoms with E-state index in [-0.39, 0.29) is 24.8 Å². The number of piperidine rings is 1. The number of hydrogen-bond donors (Lipinski definition) is 1. The third kappa shape index (κ3) is 4.28. The Kier molecular flexibility index (Phi) is 7.67. The quantitative estimate of drug-likeness (QED) is 0.480. The molecule has 1 aliphatic heterocycles. The molecule has 0 spiro atoms. The van der Waals surface area contributed by atoms with E-state index in [4.69, 9.17) is 10.2 Å². The number of nitrogens with two attached hydrogens (primary N) is 1. The lowest BCUT2D eigenvalue weighted by Gasteiger charge is -2.31. The third-order valence-corrected chi connectivity index (χ3v) is 6.62. The first-order chi connectivity index (χ1) is 13.0. The summed E-state index contributed by atoms with van der Waals surface area (Å²) in [5, 5.41) is 1.21. The standard InChI is InChI=1S/C24H30N2O.2ClH/c1-15-16(2)22-18(4)21(27-24(22)23(25)17(15)3)14-26-12-10-20(11-13-26)19-8-6-5-7-9-19;;/h5-9,20H,10-14,25H2,1-4H3;2*1H. The number of anilines is 1. The van der Waals surface area contributed by atoms with Crippen LogP contribution >= 0.6 is 24.8 Å². The van der Waals surface area contributed by atoms with Crippen LogP contribution in [-0.2, 0) is 6.54 Å². The molecule has 5 heteroatoms. The van der Waals surface area contributed by atoms with Crippen molar-refractivity contribution < 1.29 is 4.42 Å². The van der Waals surface area contributed by atoms with Gasteiger partial charge in [0, 0.05) is 10.9 Å². The highest BCUT2D eigenvalue weighted by molar-refractivity contribution is 5.96. The van der Waals surface area contributed by atoms with Gasteiger partial charge in [-0.2, -0.15) is 0 Å². The van der Waals surface area contributed by atoms with Crippen LogP contribution in [0.15, 0.2) is 34.7 Å². The fourth-order valence-electron chi connectivity index (χ4n) is 4.55. The highest BCUT2D eigenvalue weighted by atomic mass is 35.5. The minimum atomic E-state index is 0. The molecule has 0 unspecified atom stereocenters. The number of hydrogen-bond acceptors (Lipinski definition) is 3. The van der Waals surface area contributed by atoms with Gasteiger partial charge in [0.2, 0.25) is 0 Å². The molecule has 0 radical (unpaired) electrons. The Balaban J connectivity index is 0.00000150. The molecule has 4 rings (SSSR count). The number of fused-ring (bicyclic) bond motifs is 1. The first kappa shape index (κ1) is 23.6. The number of nitrogens with zero attached hydrogens (tertiary/aromatic N) is 1. The maximum absolute atomic E-state index is 6.38. The van der Waals surface area contributed by atoms with Gasteiger partial charge in [-0.3, -0.25) is 4.90 Å². The van der Waals surface area contributed by atoms with Gasteiger partial charge in [-0.1, -0.05) is 30.3 Å². The smallest absolute Gasteiger partial charge is 0.158 e. The van der Waals surface area contributed by atoms with Crippen molar-refractivity contribution in [1.82, 2.24) is 4.90 Å². The molecule has 0 aliphatic carbocycles. The van der Waals surface area contributed by atoms with Gasteiger partial charge in [-0.05, 0) is 81.8 Å². The molecule has 1 saturated heterocycles. The zero-order chi connectivity index (χ0) is 19.1. The fourth-order valence-corrected chi connectivity index (χ4v) is 4.55. The zero-order valence-electron chi connectivity index (χ0n) is 17.7. The molecule has 158 valence electrons. The molecule has 2 aromatic carbocycles. The average Bonchev–Trinajstić information content (AvgIpc) is 3.02. The van der Waals surface area contributed by atoms with Crippen molar-refractivity contribution in [3.05, 3.63) is 63.9 Å². The Morgan fingerprint density at radius 1 is 0.897 bits per heavy atom. The lowest BCUT2D eigenvalue weighted by Crippen LogP contribution is -2.32. The summed E-state index contributed by atoms with van der Waals surface area (Å²) in [5.41, 5.74) is 14.5. The molecule has 1 aliphatic rings. The molecule has 1 fully saturated rings. The average molecular weight is 435 g/mol. The Morgan fingerprint density at radius 2 is 1.52 bits per heavy atom. The van der Waals surface area contributed by atoms with Crippen LogP contribution in [0, 0.1) is 27.7 Å². The first-order valence-corrected chi connectivity index (χ1v) is 10.0. The molecular weight excluding hydrogens is 403 g/mol. The molecular formula is C24H32Cl2N2O. The van der Waals surface area contributed by atoms with Crippen molar-refractivity contribution in [3.8, 4) is 0 Å². The van der Waals surface area contributed by atoms with Crippen LogP contribution in [0.25, 0.3) is 11.0 Å². The normalized spacial score (nSPS) is 15.2. The van der Waals surface area contributed by atoms with Crippen molar-refractivity contribution in [2.45, 2.75) is 53.0 Å². The van der Waals surface area contributed by atoms with Crippen LogP contribution in [0.1, 0.15) is 52.3 Å². The Labute approximate surface area is 186 Å². The Bertz CT molecular complexity index is 974. The number of halogens is 2. The van der Waals surface area contributed by atoms with E-state index in [1.165, 1.54) is 40.5 Å². The monoisotopic (exact) mass is 434 g/mol. The molecule has 0 amide bonds. The van der Waals surface area contributed by atoms with E-state index >= 15 is 0 Å². The van der Waals surface area contributed by atoms with Gasteiger partial charge in [-0.25, -0.2) is 0 Å². The summed E-state index contributed by atoms with van der Waals surface area (Å²) in [6.45, 7) is 11.7. The topological polar surface area (TPSA) is 42.4 Å². The lowest BCUT2D eigenvalue weighted by molar-refractivity contribution is 0.192. The number of nitrogen functional groups attached to an aromatic ring is 1. The van der Waals surface area contributed by atoms with Crippen LogP contribution in [-0.4, -0.2) is 18.0 Å². The van der Waals surface area contributed by atoms with Crippen LogP contribution in [0.2, 0.25) is 0 Å². The van der Waals surface area contributed by atoms with E-state index in [1.54, 1.807) is 0 Å². The number of aryl methyl sites for hydroxylation is 2. The maximum atomic E-state index is 6.38. The summed E-state index contributed by atoms with van der Waals surface area (Å²) in [4.78, 5) is 2.52. The molecule has 0 saturated carbocycles. The summed E-state index contributed by atoms with van der Waals surface area (Å²) >= 11 is 0. The summed E-state index contributed by atoms with van der Waals surface area (Å²) < 4.78 is 6.29. The number of rotatable bonds is 3. The SMILES string of the molecule is Cc1c(C)c(C)c2c(C)c(CN3CCC(c4ccccc4)CC3)oc2c1N.Cl.Cl. The maximum Gasteiger partial charge on any atom is 0.158 e. The van der Waals surface area contributed by atoms with Gasteiger partial charge in [-0.15, -0.1) is 24.8 Å². The van der Waals surface area contributed by atoms with E-state index in [0.29, 0.717) is 5.92 Å². The second kappa shape index (κ2) is 9.42. The predicted molar refractivity (Wildman–Crippen MR) is 128 cm³/mol. The summed E-state index contributed by atoms with van der Waals surface area (Å²) in [6.07, 6.45) is 2.42. The highest BCUT2D eigenvalue weighted by Gasteiger charge is 2.24. The molecule has 3 aromatic rings. The van der Waals surface area contributed by atoms with E-state index in [0.717, 1.165) is 42.2 Å². The summed E-state index contributed by atoms with van der Waals surface area (Å²) in [5.74, 6) is 1.75.